The quantitative estimate of drug-likeness (QED) is 0.712. The highest BCUT2D eigenvalue weighted by atomic mass is 32.2. The van der Waals surface area contributed by atoms with Gasteiger partial charge in [0, 0.05) is 11.8 Å². The van der Waals surface area contributed by atoms with Gasteiger partial charge in [0.05, 0.1) is 19.8 Å². The Kier molecular flexibility index (Phi) is 5.53. The van der Waals surface area contributed by atoms with E-state index in [2.05, 4.69) is 0 Å². The summed E-state index contributed by atoms with van der Waals surface area (Å²) in [6.45, 7) is 4.20. The van der Waals surface area contributed by atoms with E-state index in [9.17, 15) is 17.8 Å². The minimum atomic E-state index is -4.42. The number of hydrogen-bond donors (Lipinski definition) is 1. The highest BCUT2D eigenvalue weighted by molar-refractivity contribution is 7.86. The summed E-state index contributed by atoms with van der Waals surface area (Å²) in [6, 6.07) is 10.4. The standard InChI is InChI=1S/C23H25NO6S/c1-4-30-21-10-16-11-22(31(26,27)28)19-9-17(15-7-5-14(2)6-8-15)13-24(19)23(25)18(16)12-20(21)29-3/h5-8,10,12-13,19,22H,4,9,11H2,1-3H3,(H,26,27,28)/t19-,22?/m0/s1. The molecule has 4 rings (SSSR count). The molecule has 2 atom stereocenters. The molecule has 1 amide bonds. The van der Waals surface area contributed by atoms with Crippen LogP contribution in [0.25, 0.3) is 5.57 Å². The largest absolute Gasteiger partial charge is 0.493 e. The van der Waals surface area contributed by atoms with E-state index in [4.69, 9.17) is 9.47 Å². The summed E-state index contributed by atoms with van der Waals surface area (Å²) in [7, 11) is -2.94. The van der Waals surface area contributed by atoms with E-state index in [0.717, 1.165) is 16.7 Å². The summed E-state index contributed by atoms with van der Waals surface area (Å²) in [6.07, 6.45) is 2.04. The third-order valence-corrected chi connectivity index (χ3v) is 7.14. The van der Waals surface area contributed by atoms with Crippen LogP contribution >= 0.6 is 0 Å². The van der Waals surface area contributed by atoms with E-state index in [1.807, 2.05) is 38.1 Å². The Balaban J connectivity index is 1.83. The fourth-order valence-electron chi connectivity index (χ4n) is 4.31. The van der Waals surface area contributed by atoms with Crippen LogP contribution in [0.3, 0.4) is 0 Å². The van der Waals surface area contributed by atoms with Crippen LogP contribution in [0.1, 0.15) is 40.4 Å². The molecule has 0 aromatic heterocycles. The topological polar surface area (TPSA) is 93.1 Å². The lowest BCUT2D eigenvalue weighted by atomic mass is 9.97. The Hall–Kier alpha value is -2.84. The Morgan fingerprint density at radius 3 is 2.45 bits per heavy atom. The number of carbonyl (C=O) groups excluding carboxylic acids is 1. The van der Waals surface area contributed by atoms with E-state index in [1.165, 1.54) is 12.0 Å². The summed E-state index contributed by atoms with van der Waals surface area (Å²) in [5.41, 5.74) is 3.74. The first kappa shape index (κ1) is 21.4. The van der Waals surface area contributed by atoms with Gasteiger partial charge in [-0.15, -0.1) is 0 Å². The van der Waals surface area contributed by atoms with Crippen LogP contribution in [0.2, 0.25) is 0 Å². The predicted molar refractivity (Wildman–Crippen MR) is 117 cm³/mol. The van der Waals surface area contributed by atoms with Crippen LogP contribution in [0.4, 0.5) is 0 Å². The number of methoxy groups -OCH3 is 1. The molecule has 0 saturated heterocycles. The van der Waals surface area contributed by atoms with E-state index in [1.54, 1.807) is 18.3 Å². The van der Waals surface area contributed by atoms with Gasteiger partial charge in [-0.25, -0.2) is 0 Å². The summed E-state index contributed by atoms with van der Waals surface area (Å²) in [5, 5.41) is -1.15. The van der Waals surface area contributed by atoms with Gasteiger partial charge in [0.2, 0.25) is 0 Å². The third-order valence-electron chi connectivity index (χ3n) is 5.89. The molecule has 8 heteroatoms. The van der Waals surface area contributed by atoms with Crippen LogP contribution in [-0.2, 0) is 16.5 Å². The van der Waals surface area contributed by atoms with Gasteiger partial charge in [-0.2, -0.15) is 8.42 Å². The van der Waals surface area contributed by atoms with Crippen molar-refractivity contribution in [3.8, 4) is 11.5 Å². The monoisotopic (exact) mass is 443 g/mol. The van der Waals surface area contributed by atoms with Gasteiger partial charge in [0.1, 0.15) is 5.25 Å². The van der Waals surface area contributed by atoms with E-state index >= 15 is 0 Å². The maximum absolute atomic E-state index is 13.5. The minimum Gasteiger partial charge on any atom is -0.493 e. The van der Waals surface area contributed by atoms with Crippen LogP contribution in [0.5, 0.6) is 11.5 Å². The van der Waals surface area contributed by atoms with Gasteiger partial charge in [0.15, 0.2) is 11.5 Å². The van der Waals surface area contributed by atoms with Gasteiger partial charge < -0.3 is 14.4 Å². The van der Waals surface area contributed by atoms with Crippen molar-refractivity contribution in [1.82, 2.24) is 4.90 Å². The maximum atomic E-state index is 13.5. The molecule has 0 saturated carbocycles. The first-order valence-corrected chi connectivity index (χ1v) is 11.6. The average molecular weight is 444 g/mol. The normalized spacial score (nSPS) is 20.6. The Labute approximate surface area is 182 Å². The van der Waals surface area contributed by atoms with Gasteiger partial charge in [-0.1, -0.05) is 29.8 Å². The SMILES string of the molecule is CCOc1cc2c(cc1OC)C(=O)N1C=C(c3ccc(C)cc3)C[C@H]1C(S(=O)(=O)O)C2. The zero-order chi connectivity index (χ0) is 22.3. The van der Waals surface area contributed by atoms with Crippen LogP contribution in [0.15, 0.2) is 42.6 Å². The van der Waals surface area contributed by atoms with E-state index in [-0.39, 0.29) is 12.3 Å². The molecule has 2 aliphatic rings. The fourth-order valence-corrected chi connectivity index (χ4v) is 5.33. The smallest absolute Gasteiger partial charge is 0.270 e. The molecule has 2 aliphatic heterocycles. The Morgan fingerprint density at radius 2 is 1.84 bits per heavy atom. The Bertz CT molecular complexity index is 1150. The highest BCUT2D eigenvalue weighted by Crippen LogP contribution is 2.40. The lowest BCUT2D eigenvalue weighted by Gasteiger charge is -2.26. The van der Waals surface area contributed by atoms with Crippen molar-refractivity contribution in [1.29, 1.82) is 0 Å². The zero-order valence-electron chi connectivity index (χ0n) is 17.7. The number of rotatable bonds is 5. The van der Waals surface area contributed by atoms with Crippen molar-refractivity contribution in [2.24, 2.45) is 0 Å². The minimum absolute atomic E-state index is 0.000158. The first-order chi connectivity index (χ1) is 14.7. The first-order valence-electron chi connectivity index (χ1n) is 10.1. The molecule has 0 radical (unpaired) electrons. The fraction of sp³-hybridized carbons (Fsp3) is 0.348. The molecule has 2 heterocycles. The molecular formula is C23H25NO6S. The van der Waals surface area contributed by atoms with Crippen LogP contribution in [0, 0.1) is 6.92 Å². The second-order valence-corrected chi connectivity index (χ2v) is 9.49. The van der Waals surface area contributed by atoms with Crippen molar-refractivity contribution in [3.05, 3.63) is 64.9 Å². The van der Waals surface area contributed by atoms with Crippen molar-refractivity contribution in [3.63, 3.8) is 0 Å². The molecule has 0 fully saturated rings. The molecule has 2 aromatic carbocycles. The second kappa shape index (κ2) is 8.01. The molecule has 1 N–H and O–H groups in total. The average Bonchev–Trinajstić information content (AvgIpc) is 3.12. The summed E-state index contributed by atoms with van der Waals surface area (Å²) < 4.78 is 45.7. The maximum Gasteiger partial charge on any atom is 0.270 e. The number of ether oxygens (including phenoxy) is 2. The number of amides is 1. The third kappa shape index (κ3) is 3.93. The van der Waals surface area contributed by atoms with Crippen molar-refractivity contribution in [2.75, 3.05) is 13.7 Å². The Morgan fingerprint density at radius 1 is 1.13 bits per heavy atom. The molecule has 0 bridgehead atoms. The lowest BCUT2D eigenvalue weighted by Crippen LogP contribution is -2.43. The molecular weight excluding hydrogens is 418 g/mol. The van der Waals surface area contributed by atoms with Crippen molar-refractivity contribution < 1.29 is 27.2 Å². The summed E-state index contributed by atoms with van der Waals surface area (Å²) >= 11 is 0. The van der Waals surface area contributed by atoms with Crippen LogP contribution < -0.4 is 9.47 Å². The summed E-state index contributed by atoms with van der Waals surface area (Å²) in [4.78, 5) is 14.9. The molecule has 7 nitrogen and oxygen atoms in total. The van der Waals surface area contributed by atoms with Gasteiger partial charge in [-0.3, -0.25) is 9.35 Å². The molecule has 1 unspecified atom stereocenters. The molecule has 164 valence electrons. The van der Waals surface area contributed by atoms with Gasteiger partial charge in [0.25, 0.3) is 16.0 Å². The molecule has 0 aliphatic carbocycles. The zero-order valence-corrected chi connectivity index (χ0v) is 18.5. The molecule has 2 aromatic rings. The molecule has 0 spiro atoms. The van der Waals surface area contributed by atoms with Crippen LogP contribution in [-0.4, -0.2) is 48.8 Å². The predicted octanol–water partition coefficient (Wildman–Crippen LogP) is 3.47. The van der Waals surface area contributed by atoms with Gasteiger partial charge in [-0.05, 0) is 55.5 Å². The highest BCUT2D eigenvalue weighted by Gasteiger charge is 2.45. The molecule has 31 heavy (non-hydrogen) atoms. The number of aryl methyl sites for hydroxylation is 1. The lowest BCUT2D eigenvalue weighted by molar-refractivity contribution is 0.0788. The van der Waals surface area contributed by atoms with Crippen molar-refractivity contribution >= 4 is 21.6 Å². The second-order valence-electron chi connectivity index (χ2n) is 7.86. The van der Waals surface area contributed by atoms with Crippen molar-refractivity contribution in [2.45, 2.75) is 38.0 Å². The number of hydrogen-bond acceptors (Lipinski definition) is 5. The number of carbonyl (C=O) groups is 1. The van der Waals surface area contributed by atoms with Gasteiger partial charge >= 0.3 is 0 Å². The number of benzene rings is 2. The van der Waals surface area contributed by atoms with E-state index < -0.39 is 21.4 Å². The van der Waals surface area contributed by atoms with E-state index in [0.29, 0.717) is 35.7 Å². The summed E-state index contributed by atoms with van der Waals surface area (Å²) in [5.74, 6) is 0.510. The number of fused-ring (bicyclic) bond motifs is 2. The number of nitrogens with zero attached hydrogens (tertiary/aromatic N) is 1.